The quantitative estimate of drug-likeness (QED) is 0.914. The van der Waals surface area contributed by atoms with Crippen LogP contribution in [0.1, 0.15) is 44.0 Å². The lowest BCUT2D eigenvalue weighted by Crippen LogP contribution is -2.50. The van der Waals surface area contributed by atoms with Gasteiger partial charge in [0.05, 0.1) is 0 Å². The predicted octanol–water partition coefficient (Wildman–Crippen LogP) is 2.82. The summed E-state index contributed by atoms with van der Waals surface area (Å²) in [6.07, 6.45) is 1.31. The van der Waals surface area contributed by atoms with Gasteiger partial charge in [-0.3, -0.25) is 4.79 Å². The summed E-state index contributed by atoms with van der Waals surface area (Å²) in [5, 5.41) is 2.86. The first-order valence-electron chi connectivity index (χ1n) is 7.69. The molecule has 2 amide bonds. The summed E-state index contributed by atoms with van der Waals surface area (Å²) in [7, 11) is 0. The molecule has 0 radical (unpaired) electrons. The fraction of sp³-hybridized carbons (Fsp3) is 0.529. The molecular formula is C17H24N2O3. The van der Waals surface area contributed by atoms with Crippen LogP contribution in [-0.2, 0) is 4.74 Å². The Morgan fingerprint density at radius 2 is 1.91 bits per heavy atom. The van der Waals surface area contributed by atoms with Crippen LogP contribution in [0.4, 0.5) is 4.79 Å². The average molecular weight is 304 g/mol. The van der Waals surface area contributed by atoms with Crippen LogP contribution in [0, 0.1) is 0 Å². The van der Waals surface area contributed by atoms with Crippen molar-refractivity contribution in [2.45, 2.75) is 45.3 Å². The Morgan fingerprint density at radius 3 is 2.55 bits per heavy atom. The molecule has 0 saturated carbocycles. The summed E-state index contributed by atoms with van der Waals surface area (Å²) in [5.41, 5.74) is 0.165. The molecule has 0 unspecified atom stereocenters. The molecule has 2 rings (SSSR count). The first-order valence-corrected chi connectivity index (χ1v) is 7.69. The lowest BCUT2D eigenvalue weighted by Gasteiger charge is -2.33. The Bertz CT molecular complexity index is 522. The number of carbonyl (C=O) groups is 2. The zero-order chi connectivity index (χ0) is 16.2. The molecule has 5 nitrogen and oxygen atoms in total. The summed E-state index contributed by atoms with van der Waals surface area (Å²) in [6, 6.07) is 9.16. The van der Waals surface area contributed by atoms with Crippen LogP contribution >= 0.6 is 0 Å². The lowest BCUT2D eigenvalue weighted by atomic mass is 10.0. The highest BCUT2D eigenvalue weighted by Crippen LogP contribution is 2.15. The van der Waals surface area contributed by atoms with E-state index in [-0.39, 0.29) is 11.9 Å². The maximum absolute atomic E-state index is 12.4. The second kappa shape index (κ2) is 6.81. The van der Waals surface area contributed by atoms with E-state index in [0.29, 0.717) is 12.1 Å². The van der Waals surface area contributed by atoms with Crippen LogP contribution < -0.4 is 5.32 Å². The molecule has 1 fully saturated rings. The van der Waals surface area contributed by atoms with Crippen LogP contribution in [0.5, 0.6) is 0 Å². The van der Waals surface area contributed by atoms with Crippen LogP contribution in [0.25, 0.3) is 0 Å². The summed E-state index contributed by atoms with van der Waals surface area (Å²) in [4.78, 5) is 26.1. The van der Waals surface area contributed by atoms with Gasteiger partial charge in [0.15, 0.2) is 0 Å². The zero-order valence-electron chi connectivity index (χ0n) is 13.5. The number of alkyl carbamates (subject to hydrolysis) is 1. The lowest BCUT2D eigenvalue weighted by molar-refractivity contribution is 0.0452. The van der Waals surface area contributed by atoms with Gasteiger partial charge in [0, 0.05) is 24.7 Å². The minimum absolute atomic E-state index is 0.0105. The molecule has 1 aliphatic heterocycles. The van der Waals surface area contributed by atoms with Crippen LogP contribution in [0.3, 0.4) is 0 Å². The van der Waals surface area contributed by atoms with Gasteiger partial charge in [-0.05, 0) is 45.7 Å². The maximum atomic E-state index is 12.4. The van der Waals surface area contributed by atoms with Crippen LogP contribution in [0.15, 0.2) is 30.3 Å². The van der Waals surface area contributed by atoms with Gasteiger partial charge in [0.25, 0.3) is 5.91 Å². The third kappa shape index (κ3) is 4.76. The number of carbonyl (C=O) groups excluding carboxylic acids is 2. The van der Waals surface area contributed by atoms with Gasteiger partial charge in [-0.2, -0.15) is 0 Å². The Balaban J connectivity index is 1.92. The van der Waals surface area contributed by atoms with E-state index in [4.69, 9.17) is 4.74 Å². The summed E-state index contributed by atoms with van der Waals surface area (Å²) in [6.45, 7) is 6.74. The van der Waals surface area contributed by atoms with E-state index in [0.717, 1.165) is 19.4 Å². The van der Waals surface area contributed by atoms with Crippen molar-refractivity contribution in [2.75, 3.05) is 13.1 Å². The van der Waals surface area contributed by atoms with Crippen molar-refractivity contribution < 1.29 is 14.3 Å². The molecule has 1 aliphatic rings. The summed E-state index contributed by atoms with van der Waals surface area (Å²) >= 11 is 0. The number of nitrogens with one attached hydrogen (secondary N) is 1. The molecule has 1 aromatic rings. The summed E-state index contributed by atoms with van der Waals surface area (Å²) in [5.74, 6) is 0.0105. The molecular weight excluding hydrogens is 280 g/mol. The second-order valence-electron chi connectivity index (χ2n) is 6.60. The third-order valence-electron chi connectivity index (χ3n) is 3.45. The smallest absolute Gasteiger partial charge is 0.407 e. The van der Waals surface area contributed by atoms with Crippen molar-refractivity contribution in [1.82, 2.24) is 10.2 Å². The highest BCUT2D eigenvalue weighted by atomic mass is 16.6. The standard InChI is InChI=1S/C17H24N2O3/c1-17(2,3)22-16(21)18-14-10-7-11-19(12-14)15(20)13-8-5-4-6-9-13/h4-6,8-9,14H,7,10-12H2,1-3H3,(H,18,21)/t14-/m1/s1. The molecule has 22 heavy (non-hydrogen) atoms. The van der Waals surface area contributed by atoms with Gasteiger partial charge in [0.2, 0.25) is 0 Å². The minimum Gasteiger partial charge on any atom is -0.444 e. The first-order chi connectivity index (χ1) is 10.3. The molecule has 0 spiro atoms. The molecule has 1 N–H and O–H groups in total. The number of hydrogen-bond acceptors (Lipinski definition) is 3. The molecule has 1 atom stereocenters. The van der Waals surface area contributed by atoms with Gasteiger partial charge in [-0.15, -0.1) is 0 Å². The van der Waals surface area contributed by atoms with E-state index in [2.05, 4.69) is 5.32 Å². The maximum Gasteiger partial charge on any atom is 0.407 e. The van der Waals surface area contributed by atoms with E-state index in [9.17, 15) is 9.59 Å². The van der Waals surface area contributed by atoms with Gasteiger partial charge < -0.3 is 15.0 Å². The van der Waals surface area contributed by atoms with E-state index in [1.165, 1.54) is 0 Å². The molecule has 5 heteroatoms. The van der Waals surface area contributed by atoms with Crippen molar-refractivity contribution >= 4 is 12.0 Å². The van der Waals surface area contributed by atoms with Gasteiger partial charge in [0.1, 0.15) is 5.60 Å². The molecule has 0 aliphatic carbocycles. The number of likely N-dealkylation sites (tertiary alicyclic amines) is 1. The van der Waals surface area contributed by atoms with Crippen molar-refractivity contribution in [1.29, 1.82) is 0 Å². The SMILES string of the molecule is CC(C)(C)OC(=O)N[C@@H]1CCCN(C(=O)c2ccccc2)C1. The number of amides is 2. The van der Waals surface area contributed by atoms with E-state index in [1.807, 2.05) is 51.1 Å². The number of nitrogens with zero attached hydrogens (tertiary/aromatic N) is 1. The predicted molar refractivity (Wildman–Crippen MR) is 84.7 cm³/mol. The normalized spacial score (nSPS) is 18.7. The van der Waals surface area contributed by atoms with E-state index < -0.39 is 11.7 Å². The zero-order valence-corrected chi connectivity index (χ0v) is 13.5. The monoisotopic (exact) mass is 304 g/mol. The van der Waals surface area contributed by atoms with Crippen molar-refractivity contribution in [3.05, 3.63) is 35.9 Å². The minimum atomic E-state index is -0.516. The average Bonchev–Trinajstić information content (AvgIpc) is 2.45. The number of rotatable bonds is 2. The number of ether oxygens (including phenoxy) is 1. The number of benzene rings is 1. The highest BCUT2D eigenvalue weighted by Gasteiger charge is 2.27. The molecule has 0 bridgehead atoms. The summed E-state index contributed by atoms with van der Waals surface area (Å²) < 4.78 is 5.27. The van der Waals surface area contributed by atoms with E-state index >= 15 is 0 Å². The van der Waals surface area contributed by atoms with Crippen molar-refractivity contribution in [2.24, 2.45) is 0 Å². The molecule has 120 valence electrons. The van der Waals surface area contributed by atoms with Gasteiger partial charge >= 0.3 is 6.09 Å². The fourth-order valence-corrected chi connectivity index (χ4v) is 2.52. The topological polar surface area (TPSA) is 58.6 Å². The van der Waals surface area contributed by atoms with E-state index in [1.54, 1.807) is 4.90 Å². The third-order valence-corrected chi connectivity index (χ3v) is 3.45. The van der Waals surface area contributed by atoms with Crippen LogP contribution in [0.2, 0.25) is 0 Å². The Labute approximate surface area is 131 Å². The molecule has 0 aromatic heterocycles. The van der Waals surface area contributed by atoms with Gasteiger partial charge in [-0.25, -0.2) is 4.79 Å². The Morgan fingerprint density at radius 1 is 1.23 bits per heavy atom. The van der Waals surface area contributed by atoms with Crippen molar-refractivity contribution in [3.8, 4) is 0 Å². The molecule has 1 aromatic carbocycles. The van der Waals surface area contributed by atoms with Crippen molar-refractivity contribution in [3.63, 3.8) is 0 Å². The Kier molecular flexibility index (Phi) is 5.06. The first kappa shape index (κ1) is 16.3. The highest BCUT2D eigenvalue weighted by molar-refractivity contribution is 5.94. The molecule has 1 heterocycles. The Hall–Kier alpha value is -2.04. The second-order valence-corrected chi connectivity index (χ2v) is 6.60. The molecule has 1 saturated heterocycles. The fourth-order valence-electron chi connectivity index (χ4n) is 2.52. The number of hydrogen-bond donors (Lipinski definition) is 1. The number of piperidine rings is 1. The largest absolute Gasteiger partial charge is 0.444 e. The van der Waals surface area contributed by atoms with Gasteiger partial charge in [-0.1, -0.05) is 18.2 Å². The van der Waals surface area contributed by atoms with Crippen LogP contribution in [-0.4, -0.2) is 41.6 Å².